The molecule has 0 aliphatic heterocycles. The van der Waals surface area contributed by atoms with E-state index in [1.807, 2.05) is 6.07 Å². The summed E-state index contributed by atoms with van der Waals surface area (Å²) in [5, 5.41) is 5.34. The molecule has 3 aromatic rings. The molecule has 3 heterocycles. The van der Waals surface area contributed by atoms with Gasteiger partial charge in [-0.15, -0.1) is 5.10 Å². The summed E-state index contributed by atoms with van der Waals surface area (Å²) in [6, 6.07) is 8.87. The van der Waals surface area contributed by atoms with Crippen LogP contribution in [0.5, 0.6) is 5.88 Å². The molecule has 0 spiro atoms. The molecule has 0 N–H and O–H groups in total. The van der Waals surface area contributed by atoms with Crippen molar-refractivity contribution in [3.05, 3.63) is 48.5 Å². The average Bonchev–Trinajstić information content (AvgIpc) is 3.13. The number of aromatic nitrogens is 5. The molecule has 25 heavy (non-hydrogen) atoms. The lowest BCUT2D eigenvalue weighted by Gasteiger charge is -2.10. The fraction of sp³-hybridized carbons (Fsp3) is 0.188. The number of amides is 1. The zero-order valence-electron chi connectivity index (χ0n) is 13.9. The van der Waals surface area contributed by atoms with E-state index in [1.54, 1.807) is 36.7 Å². The number of pyridine rings is 2. The van der Waals surface area contributed by atoms with Gasteiger partial charge in [-0.2, -0.15) is 0 Å². The minimum Gasteiger partial charge on any atom is -0.481 e. The molecule has 0 aliphatic carbocycles. The first kappa shape index (κ1) is 16.5. The molecule has 3 aromatic heterocycles. The second kappa shape index (κ2) is 7.05. The van der Waals surface area contributed by atoms with Crippen molar-refractivity contribution in [2.45, 2.75) is 0 Å². The first-order chi connectivity index (χ1) is 12.1. The molecule has 0 bridgehead atoms. The van der Waals surface area contributed by atoms with Crippen LogP contribution in [-0.2, 0) is 4.84 Å². The molecular weight excluding hydrogens is 324 g/mol. The average molecular weight is 340 g/mol. The highest BCUT2D eigenvalue weighted by atomic mass is 16.7. The lowest BCUT2D eigenvalue weighted by molar-refractivity contribution is -0.0764. The predicted molar refractivity (Wildman–Crippen MR) is 88.0 cm³/mol. The minimum atomic E-state index is -0.472. The van der Waals surface area contributed by atoms with E-state index in [0.717, 1.165) is 5.06 Å². The number of hydroxylamine groups is 2. The van der Waals surface area contributed by atoms with Crippen LogP contribution in [0.4, 0.5) is 0 Å². The van der Waals surface area contributed by atoms with Crippen LogP contribution >= 0.6 is 0 Å². The Labute approximate surface area is 143 Å². The Morgan fingerprint density at radius 1 is 1.16 bits per heavy atom. The number of carbonyl (C=O) groups is 1. The largest absolute Gasteiger partial charge is 0.481 e. The monoisotopic (exact) mass is 340 g/mol. The topological polar surface area (TPSA) is 95.3 Å². The third-order valence-electron chi connectivity index (χ3n) is 3.43. The summed E-state index contributed by atoms with van der Waals surface area (Å²) in [5.41, 5.74) is 1.19. The molecule has 0 unspecified atom stereocenters. The number of ether oxygens (including phenoxy) is 1. The zero-order valence-corrected chi connectivity index (χ0v) is 13.9. The highest BCUT2D eigenvalue weighted by Crippen LogP contribution is 2.20. The molecule has 0 saturated carbocycles. The normalized spacial score (nSPS) is 10.5. The maximum atomic E-state index is 12.3. The van der Waals surface area contributed by atoms with Crippen molar-refractivity contribution in [1.82, 2.24) is 29.8 Å². The van der Waals surface area contributed by atoms with E-state index in [2.05, 4.69) is 20.1 Å². The Morgan fingerprint density at radius 2 is 2.00 bits per heavy atom. The van der Waals surface area contributed by atoms with Crippen molar-refractivity contribution in [2.24, 2.45) is 0 Å². The maximum absolute atomic E-state index is 12.3. The van der Waals surface area contributed by atoms with E-state index in [0.29, 0.717) is 23.1 Å². The third-order valence-corrected chi connectivity index (χ3v) is 3.43. The van der Waals surface area contributed by atoms with Gasteiger partial charge in [0.15, 0.2) is 5.82 Å². The summed E-state index contributed by atoms with van der Waals surface area (Å²) in [7, 11) is 4.41. The fourth-order valence-corrected chi connectivity index (χ4v) is 2.09. The Morgan fingerprint density at radius 3 is 2.60 bits per heavy atom. The van der Waals surface area contributed by atoms with Crippen LogP contribution in [0.25, 0.3) is 17.2 Å². The van der Waals surface area contributed by atoms with E-state index in [1.165, 1.54) is 25.9 Å². The summed E-state index contributed by atoms with van der Waals surface area (Å²) < 4.78 is 6.57. The van der Waals surface area contributed by atoms with Crippen molar-refractivity contribution in [1.29, 1.82) is 0 Å². The van der Waals surface area contributed by atoms with Crippen molar-refractivity contribution in [3.8, 4) is 23.1 Å². The van der Waals surface area contributed by atoms with Crippen LogP contribution in [0, 0.1) is 0 Å². The summed E-state index contributed by atoms with van der Waals surface area (Å²) in [6.07, 6.45) is 3.22. The molecule has 0 fully saturated rings. The van der Waals surface area contributed by atoms with Crippen molar-refractivity contribution in [3.63, 3.8) is 0 Å². The van der Waals surface area contributed by atoms with Gasteiger partial charge in [0.1, 0.15) is 5.69 Å². The number of rotatable bonds is 5. The van der Waals surface area contributed by atoms with Crippen LogP contribution in [0.2, 0.25) is 0 Å². The van der Waals surface area contributed by atoms with E-state index in [4.69, 9.17) is 9.57 Å². The lowest BCUT2D eigenvalue weighted by atomic mass is 10.3. The molecule has 0 radical (unpaired) electrons. The summed E-state index contributed by atoms with van der Waals surface area (Å²) in [4.78, 5) is 30.0. The van der Waals surface area contributed by atoms with Gasteiger partial charge >= 0.3 is 5.91 Å². The van der Waals surface area contributed by atoms with Crippen LogP contribution in [0.1, 0.15) is 10.6 Å². The molecule has 0 aliphatic rings. The summed E-state index contributed by atoms with van der Waals surface area (Å²) in [6.45, 7) is 0. The standard InChI is InChI=1S/C16H16N6O3/c1-21(25-3)16(23)14-19-15(12-6-4-5-9-17-12)22(20-14)11-7-8-13(24-2)18-10-11/h4-10H,1-3H3. The number of carbonyl (C=O) groups excluding carboxylic acids is 1. The van der Waals surface area contributed by atoms with Crippen molar-refractivity contribution < 1.29 is 14.4 Å². The van der Waals surface area contributed by atoms with Crippen LogP contribution in [0.3, 0.4) is 0 Å². The first-order valence-corrected chi connectivity index (χ1v) is 7.35. The van der Waals surface area contributed by atoms with E-state index >= 15 is 0 Å². The number of hydrogen-bond acceptors (Lipinski definition) is 7. The van der Waals surface area contributed by atoms with Gasteiger partial charge < -0.3 is 4.74 Å². The highest BCUT2D eigenvalue weighted by Gasteiger charge is 2.22. The molecule has 9 nitrogen and oxygen atoms in total. The second-order valence-corrected chi connectivity index (χ2v) is 4.93. The maximum Gasteiger partial charge on any atom is 0.316 e. The lowest BCUT2D eigenvalue weighted by Crippen LogP contribution is -2.26. The van der Waals surface area contributed by atoms with Gasteiger partial charge in [-0.05, 0) is 18.2 Å². The van der Waals surface area contributed by atoms with Crippen LogP contribution in [0.15, 0.2) is 42.7 Å². The molecule has 0 aromatic carbocycles. The van der Waals surface area contributed by atoms with Gasteiger partial charge in [0, 0.05) is 19.3 Å². The molecule has 0 atom stereocenters. The molecule has 9 heteroatoms. The Balaban J connectivity index is 2.11. The van der Waals surface area contributed by atoms with E-state index < -0.39 is 5.91 Å². The van der Waals surface area contributed by atoms with Crippen molar-refractivity contribution in [2.75, 3.05) is 21.3 Å². The zero-order chi connectivity index (χ0) is 17.8. The molecular formula is C16H16N6O3. The number of nitrogens with zero attached hydrogens (tertiary/aromatic N) is 6. The molecule has 3 rings (SSSR count). The van der Waals surface area contributed by atoms with E-state index in [9.17, 15) is 4.79 Å². The first-order valence-electron chi connectivity index (χ1n) is 7.35. The van der Waals surface area contributed by atoms with Crippen molar-refractivity contribution >= 4 is 5.91 Å². The molecule has 0 saturated heterocycles. The Hall–Kier alpha value is -3.33. The Bertz CT molecular complexity index is 863. The number of methoxy groups -OCH3 is 1. The second-order valence-electron chi connectivity index (χ2n) is 4.93. The summed E-state index contributed by atoms with van der Waals surface area (Å²) >= 11 is 0. The number of hydrogen-bond donors (Lipinski definition) is 0. The quantitative estimate of drug-likeness (QED) is 0.647. The van der Waals surface area contributed by atoms with Crippen LogP contribution in [-0.4, -0.2) is 57.0 Å². The van der Waals surface area contributed by atoms with Gasteiger partial charge in [-0.1, -0.05) is 6.07 Å². The highest BCUT2D eigenvalue weighted by molar-refractivity contribution is 5.90. The molecule has 128 valence electrons. The minimum absolute atomic E-state index is 0.0131. The Kier molecular flexibility index (Phi) is 4.66. The predicted octanol–water partition coefficient (Wildman–Crippen LogP) is 1.37. The SMILES string of the molecule is COc1ccc(-n2nc(C(=O)N(C)OC)nc2-c2ccccn2)cn1. The summed E-state index contributed by atoms with van der Waals surface area (Å²) in [5.74, 6) is 0.403. The fourth-order valence-electron chi connectivity index (χ4n) is 2.09. The van der Waals surface area contributed by atoms with Gasteiger partial charge in [-0.3, -0.25) is 14.6 Å². The van der Waals surface area contributed by atoms with Crippen LogP contribution < -0.4 is 4.74 Å². The smallest absolute Gasteiger partial charge is 0.316 e. The third kappa shape index (κ3) is 3.31. The van der Waals surface area contributed by atoms with Gasteiger partial charge in [-0.25, -0.2) is 19.7 Å². The van der Waals surface area contributed by atoms with Gasteiger partial charge in [0.25, 0.3) is 0 Å². The van der Waals surface area contributed by atoms with Gasteiger partial charge in [0.2, 0.25) is 11.7 Å². The van der Waals surface area contributed by atoms with E-state index in [-0.39, 0.29) is 5.82 Å². The molecule has 1 amide bonds. The van der Waals surface area contributed by atoms with Gasteiger partial charge in [0.05, 0.1) is 26.1 Å².